The van der Waals surface area contributed by atoms with Crippen molar-refractivity contribution in [3.8, 4) is 23.0 Å². The molecule has 0 unspecified atom stereocenters. The summed E-state index contributed by atoms with van der Waals surface area (Å²) in [5.41, 5.74) is 3.85. The highest BCUT2D eigenvalue weighted by atomic mass is 16.5. The molecule has 36 heavy (non-hydrogen) atoms. The molecule has 4 aromatic rings. The molecular formula is C30H26N2O4. The van der Waals surface area contributed by atoms with Gasteiger partial charge in [-0.1, -0.05) is 60.7 Å². The Morgan fingerprint density at radius 2 is 0.972 bits per heavy atom. The third kappa shape index (κ3) is 5.80. The van der Waals surface area contributed by atoms with Crippen LogP contribution in [0.4, 0.5) is 0 Å². The molecule has 6 heteroatoms. The Morgan fingerprint density at radius 3 is 1.33 bits per heavy atom. The zero-order chi connectivity index (χ0) is 25.3. The van der Waals surface area contributed by atoms with Crippen molar-refractivity contribution in [2.45, 2.75) is 0 Å². The monoisotopic (exact) mass is 478 g/mol. The topological polar surface area (TPSA) is 83.6 Å². The van der Waals surface area contributed by atoms with Gasteiger partial charge in [-0.2, -0.15) is 0 Å². The maximum absolute atomic E-state index is 10.4. The van der Waals surface area contributed by atoms with Crippen LogP contribution >= 0.6 is 0 Å². The largest absolute Gasteiger partial charge is 0.507 e. The van der Waals surface area contributed by atoms with Crippen molar-refractivity contribution in [1.29, 1.82) is 0 Å². The predicted octanol–water partition coefficient (Wildman–Crippen LogP) is 6.18. The maximum atomic E-state index is 10.4. The Hall–Kier alpha value is -4.84. The molecule has 0 spiro atoms. The second kappa shape index (κ2) is 11.5. The Bertz CT molecular complexity index is 1300. The fourth-order valence-electron chi connectivity index (χ4n) is 3.53. The summed E-state index contributed by atoms with van der Waals surface area (Å²) in [4.78, 5) is 9.57. The summed E-state index contributed by atoms with van der Waals surface area (Å²) < 4.78 is 10.6. The molecule has 4 aromatic carbocycles. The first-order valence-electron chi connectivity index (χ1n) is 11.3. The summed E-state index contributed by atoms with van der Waals surface area (Å²) in [6, 6.07) is 29.2. The quantitative estimate of drug-likeness (QED) is 0.234. The number of aliphatic imine (C=N–C) groups is 2. The van der Waals surface area contributed by atoms with Gasteiger partial charge in [0, 0.05) is 34.7 Å². The van der Waals surface area contributed by atoms with Gasteiger partial charge >= 0.3 is 0 Å². The Morgan fingerprint density at radius 1 is 0.583 bits per heavy atom. The lowest BCUT2D eigenvalue weighted by atomic mass is 10.0. The van der Waals surface area contributed by atoms with Crippen molar-refractivity contribution in [2.75, 3.05) is 14.2 Å². The van der Waals surface area contributed by atoms with Crippen LogP contribution in [0.25, 0.3) is 11.4 Å². The molecule has 0 amide bonds. The van der Waals surface area contributed by atoms with Gasteiger partial charge in [-0.05, 0) is 36.4 Å². The van der Waals surface area contributed by atoms with Crippen molar-refractivity contribution in [2.24, 2.45) is 9.98 Å². The van der Waals surface area contributed by atoms with Gasteiger partial charge in [0.05, 0.1) is 25.6 Å². The number of aromatic hydroxyl groups is 2. The number of benzene rings is 4. The van der Waals surface area contributed by atoms with Crippen molar-refractivity contribution in [1.82, 2.24) is 0 Å². The van der Waals surface area contributed by atoms with Crippen molar-refractivity contribution in [3.05, 3.63) is 119 Å². The van der Waals surface area contributed by atoms with E-state index >= 15 is 0 Å². The number of phenols is 2. The highest BCUT2D eigenvalue weighted by Gasteiger charge is 2.12. The number of rotatable bonds is 8. The molecule has 0 aliphatic heterocycles. The molecule has 0 aromatic heterocycles. The molecular weight excluding hydrogens is 452 g/mol. The summed E-state index contributed by atoms with van der Waals surface area (Å²) in [5.74, 6) is 1.37. The van der Waals surface area contributed by atoms with Crippen LogP contribution in [0.15, 0.2) is 107 Å². The van der Waals surface area contributed by atoms with Crippen LogP contribution in [0, 0.1) is 0 Å². The third-order valence-corrected chi connectivity index (χ3v) is 5.45. The lowest BCUT2D eigenvalue weighted by Crippen LogP contribution is -1.93. The van der Waals surface area contributed by atoms with E-state index in [0.717, 1.165) is 11.1 Å². The number of hydrogen-bond acceptors (Lipinski definition) is 6. The average molecular weight is 479 g/mol. The van der Waals surface area contributed by atoms with Gasteiger partial charge < -0.3 is 19.7 Å². The van der Waals surface area contributed by atoms with Crippen molar-refractivity contribution in [3.63, 3.8) is 0 Å². The lowest BCUT2D eigenvalue weighted by molar-refractivity contribution is 0.412. The fourth-order valence-corrected chi connectivity index (χ4v) is 3.53. The van der Waals surface area contributed by atoms with Gasteiger partial charge in [0.1, 0.15) is 23.0 Å². The minimum atomic E-state index is 0.0815. The molecule has 6 nitrogen and oxygen atoms in total. The molecule has 0 heterocycles. The molecule has 0 aliphatic carbocycles. The summed E-state index contributed by atoms with van der Waals surface area (Å²) in [6.07, 6.45) is 3.17. The smallest absolute Gasteiger partial charge is 0.124 e. The van der Waals surface area contributed by atoms with E-state index in [0.29, 0.717) is 34.0 Å². The van der Waals surface area contributed by atoms with Gasteiger partial charge in [-0.3, -0.25) is 9.98 Å². The van der Waals surface area contributed by atoms with Crippen molar-refractivity contribution < 1.29 is 19.7 Å². The molecule has 0 radical (unpaired) electrons. The Labute approximate surface area is 210 Å². The summed E-state index contributed by atoms with van der Waals surface area (Å²) >= 11 is 0. The molecule has 0 atom stereocenters. The highest BCUT2D eigenvalue weighted by Crippen LogP contribution is 2.30. The van der Waals surface area contributed by atoms with Crippen molar-refractivity contribution >= 4 is 23.8 Å². The van der Waals surface area contributed by atoms with E-state index in [1.165, 1.54) is 0 Å². The first-order valence-corrected chi connectivity index (χ1v) is 11.3. The zero-order valence-electron chi connectivity index (χ0n) is 20.0. The summed E-state index contributed by atoms with van der Waals surface area (Å²) in [5, 5.41) is 20.7. The maximum Gasteiger partial charge on any atom is 0.124 e. The van der Waals surface area contributed by atoms with E-state index in [4.69, 9.17) is 19.5 Å². The third-order valence-electron chi connectivity index (χ3n) is 5.45. The highest BCUT2D eigenvalue weighted by molar-refractivity contribution is 5.99. The lowest BCUT2D eigenvalue weighted by Gasteiger charge is -2.10. The van der Waals surface area contributed by atoms with Crippen LogP contribution in [-0.4, -0.2) is 36.9 Å². The number of ether oxygens (including phenoxy) is 2. The minimum absolute atomic E-state index is 0.0815. The van der Waals surface area contributed by atoms with Crippen LogP contribution in [-0.2, 0) is 0 Å². The van der Waals surface area contributed by atoms with Crippen LogP contribution in [0.2, 0.25) is 0 Å². The van der Waals surface area contributed by atoms with E-state index < -0.39 is 0 Å². The molecule has 2 N–H and O–H groups in total. The Balaban J connectivity index is 1.91. The number of hydrogen-bond donors (Lipinski definition) is 2. The second-order valence-electron chi connectivity index (χ2n) is 7.80. The second-order valence-corrected chi connectivity index (χ2v) is 7.80. The van der Waals surface area contributed by atoms with Crippen LogP contribution < -0.4 is 9.47 Å². The van der Waals surface area contributed by atoms with Gasteiger partial charge in [0.15, 0.2) is 0 Å². The number of phenolic OH excluding ortho intramolecular Hbond substituents is 2. The van der Waals surface area contributed by atoms with E-state index in [2.05, 4.69) is 0 Å². The molecule has 0 saturated heterocycles. The van der Waals surface area contributed by atoms with Gasteiger partial charge in [0.2, 0.25) is 0 Å². The van der Waals surface area contributed by atoms with E-state index in [9.17, 15) is 10.2 Å². The normalized spacial score (nSPS) is 12.1. The molecule has 0 saturated carbocycles. The summed E-state index contributed by atoms with van der Waals surface area (Å²) in [6.45, 7) is 0. The van der Waals surface area contributed by atoms with Crippen LogP contribution in [0.5, 0.6) is 23.0 Å². The molecule has 0 fully saturated rings. The first kappa shape index (κ1) is 24.3. The van der Waals surface area contributed by atoms with Gasteiger partial charge in [-0.15, -0.1) is 0 Å². The molecule has 180 valence electrons. The molecule has 0 bridgehead atoms. The first-order chi connectivity index (χ1) is 17.6. The van der Waals surface area contributed by atoms with E-state index in [1.807, 2.05) is 60.7 Å². The fraction of sp³-hybridized carbons (Fsp3) is 0.0667. The van der Waals surface area contributed by atoms with Crippen LogP contribution in [0.1, 0.15) is 22.3 Å². The Kier molecular flexibility index (Phi) is 7.78. The molecule has 0 aliphatic rings. The average Bonchev–Trinajstić information content (AvgIpc) is 2.93. The number of methoxy groups -OCH3 is 2. The minimum Gasteiger partial charge on any atom is -0.507 e. The number of nitrogens with zero attached hydrogens (tertiary/aromatic N) is 2. The molecule has 4 rings (SSSR count). The zero-order valence-corrected chi connectivity index (χ0v) is 20.0. The van der Waals surface area contributed by atoms with Crippen LogP contribution in [0.3, 0.4) is 0 Å². The van der Waals surface area contributed by atoms with Gasteiger partial charge in [0.25, 0.3) is 0 Å². The SMILES string of the molecule is COc1ccc(O)c(C=NC(=C(N=Cc2cc(OC)ccc2O)c2ccccc2)c2ccccc2)c1. The van der Waals surface area contributed by atoms with E-state index in [-0.39, 0.29) is 11.5 Å². The van der Waals surface area contributed by atoms with E-state index in [1.54, 1.807) is 63.0 Å². The standard InChI is InChI=1S/C30H26N2O4/c1-35-25-13-15-27(33)23(17-25)19-31-29(21-9-5-3-6-10-21)30(22-11-7-4-8-12-22)32-20-24-18-26(36-2)14-16-28(24)34/h3-20,33-34H,1-2H3. The summed E-state index contributed by atoms with van der Waals surface area (Å²) in [7, 11) is 3.14. The van der Waals surface area contributed by atoms with Gasteiger partial charge in [-0.25, -0.2) is 0 Å². The predicted molar refractivity (Wildman–Crippen MR) is 144 cm³/mol.